The highest BCUT2D eigenvalue weighted by molar-refractivity contribution is 5.37. The number of benzene rings is 1. The van der Waals surface area contributed by atoms with Gasteiger partial charge in [-0.25, -0.2) is 0 Å². The van der Waals surface area contributed by atoms with Crippen molar-refractivity contribution >= 4 is 0 Å². The van der Waals surface area contributed by atoms with Crippen LogP contribution in [0.5, 0.6) is 5.75 Å². The molecule has 0 spiro atoms. The first-order valence-electron chi connectivity index (χ1n) is 8.05. The summed E-state index contributed by atoms with van der Waals surface area (Å²) in [6, 6.07) is 11.2. The molecule has 3 aliphatic rings. The third-order valence-corrected chi connectivity index (χ3v) is 5.03. The molecule has 1 aliphatic carbocycles. The van der Waals surface area contributed by atoms with Crippen LogP contribution in [0.4, 0.5) is 0 Å². The quantitative estimate of drug-likeness (QED) is 0.915. The van der Waals surface area contributed by atoms with E-state index in [1.807, 2.05) is 0 Å². The van der Waals surface area contributed by atoms with Gasteiger partial charge in [0.15, 0.2) is 0 Å². The molecule has 2 heterocycles. The molecule has 1 aromatic carbocycles. The average molecular weight is 272 g/mol. The Hall–Kier alpha value is -1.06. The fraction of sp³-hybridized carbons (Fsp3) is 0.647. The van der Waals surface area contributed by atoms with Gasteiger partial charge in [-0.3, -0.25) is 4.90 Å². The zero-order valence-corrected chi connectivity index (χ0v) is 12.2. The number of hydrogen-bond acceptors (Lipinski definition) is 3. The maximum atomic E-state index is 5.76. The van der Waals surface area contributed by atoms with Crippen molar-refractivity contribution in [1.29, 1.82) is 0 Å². The molecule has 2 fully saturated rings. The van der Waals surface area contributed by atoms with E-state index in [4.69, 9.17) is 4.74 Å². The third-order valence-electron chi connectivity index (χ3n) is 5.03. The van der Waals surface area contributed by atoms with E-state index >= 15 is 0 Å². The maximum Gasteiger partial charge on any atom is 0.124 e. The number of hydrogen-bond donors (Lipinski definition) is 1. The molecule has 108 valence electrons. The summed E-state index contributed by atoms with van der Waals surface area (Å²) in [5.41, 5.74) is 1.34. The molecule has 3 nitrogen and oxygen atoms in total. The molecule has 1 saturated heterocycles. The lowest BCUT2D eigenvalue weighted by Crippen LogP contribution is -2.38. The highest BCUT2D eigenvalue weighted by atomic mass is 16.5. The van der Waals surface area contributed by atoms with Crippen molar-refractivity contribution in [2.75, 3.05) is 13.2 Å². The van der Waals surface area contributed by atoms with E-state index in [-0.39, 0.29) is 0 Å². The van der Waals surface area contributed by atoms with E-state index in [0.717, 1.165) is 30.9 Å². The van der Waals surface area contributed by atoms with Crippen LogP contribution in [0.2, 0.25) is 0 Å². The lowest BCUT2D eigenvalue weighted by molar-refractivity contribution is 0.236. The molecule has 3 unspecified atom stereocenters. The Labute approximate surface area is 121 Å². The molecule has 0 radical (unpaired) electrons. The van der Waals surface area contributed by atoms with Gasteiger partial charge in [-0.1, -0.05) is 18.2 Å². The van der Waals surface area contributed by atoms with Gasteiger partial charge >= 0.3 is 0 Å². The van der Waals surface area contributed by atoms with E-state index in [2.05, 4.69) is 41.4 Å². The molecule has 1 N–H and O–H groups in total. The molecule has 1 aromatic rings. The van der Waals surface area contributed by atoms with Gasteiger partial charge in [-0.15, -0.1) is 0 Å². The summed E-state index contributed by atoms with van der Waals surface area (Å²) in [5.74, 6) is 1.07. The van der Waals surface area contributed by atoms with Crippen LogP contribution in [0, 0.1) is 0 Å². The summed E-state index contributed by atoms with van der Waals surface area (Å²) in [4.78, 5) is 2.71. The van der Waals surface area contributed by atoms with E-state index in [1.165, 1.54) is 31.4 Å². The monoisotopic (exact) mass is 272 g/mol. The molecule has 0 amide bonds. The number of ether oxygens (including phenoxy) is 1. The predicted octanol–water partition coefficient (Wildman–Crippen LogP) is 2.73. The summed E-state index contributed by atoms with van der Waals surface area (Å²) < 4.78 is 5.76. The van der Waals surface area contributed by atoms with Crippen LogP contribution >= 0.6 is 0 Å². The minimum absolute atomic E-state index is 0.469. The molecule has 3 atom stereocenters. The maximum absolute atomic E-state index is 5.76. The van der Waals surface area contributed by atoms with Crippen LogP contribution in [0.1, 0.15) is 44.2 Å². The molecule has 3 heteroatoms. The van der Waals surface area contributed by atoms with Crippen LogP contribution in [0.3, 0.4) is 0 Å². The Morgan fingerprint density at radius 1 is 1.20 bits per heavy atom. The van der Waals surface area contributed by atoms with Crippen molar-refractivity contribution in [3.05, 3.63) is 29.8 Å². The lowest BCUT2D eigenvalue weighted by atomic mass is 9.99. The van der Waals surface area contributed by atoms with Crippen molar-refractivity contribution in [3.63, 3.8) is 0 Å². The van der Waals surface area contributed by atoms with Crippen molar-refractivity contribution in [2.45, 2.75) is 56.8 Å². The number of likely N-dealkylation sites (tertiary alicyclic amines) is 1. The second kappa shape index (κ2) is 5.05. The first-order valence-corrected chi connectivity index (χ1v) is 8.05. The van der Waals surface area contributed by atoms with Gasteiger partial charge in [0.2, 0.25) is 0 Å². The molecule has 0 aromatic heterocycles. The molecular formula is C17H24N2O. The smallest absolute Gasteiger partial charge is 0.124 e. The number of para-hydroxylation sites is 1. The molecular weight excluding hydrogens is 248 g/mol. The minimum Gasteiger partial charge on any atom is -0.493 e. The van der Waals surface area contributed by atoms with Crippen LogP contribution in [-0.4, -0.2) is 36.2 Å². The number of rotatable bonds is 3. The van der Waals surface area contributed by atoms with Gasteiger partial charge in [-0.2, -0.15) is 0 Å². The largest absolute Gasteiger partial charge is 0.493 e. The highest BCUT2D eigenvalue weighted by Crippen LogP contribution is 2.36. The number of fused-ring (bicyclic) bond motifs is 1. The Morgan fingerprint density at radius 3 is 2.90 bits per heavy atom. The Kier molecular flexibility index (Phi) is 3.20. The summed E-state index contributed by atoms with van der Waals surface area (Å²) in [5, 5.41) is 3.90. The van der Waals surface area contributed by atoms with Gasteiger partial charge in [0.05, 0.1) is 6.61 Å². The van der Waals surface area contributed by atoms with Crippen molar-refractivity contribution < 1.29 is 4.74 Å². The Morgan fingerprint density at radius 2 is 2.05 bits per heavy atom. The normalized spacial score (nSPS) is 33.8. The molecule has 2 aliphatic heterocycles. The van der Waals surface area contributed by atoms with Crippen LogP contribution in [0.25, 0.3) is 0 Å². The molecule has 4 rings (SSSR count). The SMILES string of the molecule is CC1CC(NC2CCOc3ccccc32)CN1C1CC1. The van der Waals surface area contributed by atoms with Crippen LogP contribution in [-0.2, 0) is 0 Å². The van der Waals surface area contributed by atoms with Gasteiger partial charge < -0.3 is 10.1 Å². The van der Waals surface area contributed by atoms with E-state index < -0.39 is 0 Å². The van der Waals surface area contributed by atoms with E-state index in [9.17, 15) is 0 Å². The number of nitrogens with one attached hydrogen (secondary N) is 1. The predicted molar refractivity (Wildman–Crippen MR) is 80.0 cm³/mol. The van der Waals surface area contributed by atoms with Crippen LogP contribution in [0.15, 0.2) is 24.3 Å². The lowest BCUT2D eigenvalue weighted by Gasteiger charge is -2.29. The van der Waals surface area contributed by atoms with Crippen molar-refractivity contribution in [3.8, 4) is 5.75 Å². The van der Waals surface area contributed by atoms with Gasteiger partial charge in [-0.05, 0) is 32.3 Å². The summed E-state index contributed by atoms with van der Waals surface area (Å²) >= 11 is 0. The standard InChI is InChI=1S/C17H24N2O/c1-12-10-13(11-19(12)14-6-7-14)18-16-8-9-20-17-5-3-2-4-15(16)17/h2-5,12-14,16,18H,6-11H2,1H3. The first kappa shape index (κ1) is 12.7. The van der Waals surface area contributed by atoms with Gasteiger partial charge in [0.25, 0.3) is 0 Å². The summed E-state index contributed by atoms with van der Waals surface area (Å²) in [7, 11) is 0. The minimum atomic E-state index is 0.469. The molecule has 20 heavy (non-hydrogen) atoms. The van der Waals surface area contributed by atoms with Crippen LogP contribution < -0.4 is 10.1 Å². The fourth-order valence-corrected chi connectivity index (χ4v) is 3.89. The zero-order valence-electron chi connectivity index (χ0n) is 12.2. The van der Waals surface area contributed by atoms with Crippen molar-refractivity contribution in [1.82, 2.24) is 10.2 Å². The topological polar surface area (TPSA) is 24.5 Å². The van der Waals surface area contributed by atoms with Gasteiger partial charge in [0, 0.05) is 42.7 Å². The summed E-state index contributed by atoms with van der Waals surface area (Å²) in [6.45, 7) is 4.45. The zero-order chi connectivity index (χ0) is 13.5. The molecule has 0 bridgehead atoms. The van der Waals surface area contributed by atoms with Gasteiger partial charge in [0.1, 0.15) is 5.75 Å². The highest BCUT2D eigenvalue weighted by Gasteiger charge is 2.39. The van der Waals surface area contributed by atoms with E-state index in [1.54, 1.807) is 0 Å². The van der Waals surface area contributed by atoms with Crippen molar-refractivity contribution in [2.24, 2.45) is 0 Å². The average Bonchev–Trinajstić information content (AvgIpc) is 3.24. The second-order valence-electron chi connectivity index (χ2n) is 6.60. The fourth-order valence-electron chi connectivity index (χ4n) is 3.89. The Bertz CT molecular complexity index is 486. The third kappa shape index (κ3) is 2.33. The second-order valence-corrected chi connectivity index (χ2v) is 6.60. The number of nitrogens with zero attached hydrogens (tertiary/aromatic N) is 1. The molecule has 1 saturated carbocycles. The van der Waals surface area contributed by atoms with E-state index in [0.29, 0.717) is 12.1 Å². The first-order chi connectivity index (χ1) is 9.81. The Balaban J connectivity index is 1.45. The summed E-state index contributed by atoms with van der Waals surface area (Å²) in [6.07, 6.45) is 5.20.